The van der Waals surface area contributed by atoms with Crippen LogP contribution in [0.25, 0.3) is 0 Å². The maximum atomic E-state index is 10.1. The lowest BCUT2D eigenvalue weighted by molar-refractivity contribution is -0.198. The van der Waals surface area contributed by atoms with Gasteiger partial charge in [0.15, 0.2) is 0 Å². The molecule has 0 unspecified atom stereocenters. The van der Waals surface area contributed by atoms with Gasteiger partial charge < -0.3 is 10.2 Å². The lowest BCUT2D eigenvalue weighted by Crippen LogP contribution is -2.58. The summed E-state index contributed by atoms with van der Waals surface area (Å²) >= 11 is 0. The summed E-state index contributed by atoms with van der Waals surface area (Å²) in [5, 5.41) is 20.2. The van der Waals surface area contributed by atoms with E-state index in [-0.39, 0.29) is 0 Å². The molecular formula is C12H22O2. The highest BCUT2D eigenvalue weighted by Crippen LogP contribution is 2.57. The molecule has 4 rings (SSSR count). The molecule has 14 heavy (non-hydrogen) atoms. The van der Waals surface area contributed by atoms with E-state index in [2.05, 4.69) is 0 Å². The molecule has 0 aromatic carbocycles. The SMILES string of the molecule is CC.OC12CC3CC(C1)CC(O)(C3)C2. The van der Waals surface area contributed by atoms with Crippen molar-refractivity contribution in [1.29, 1.82) is 0 Å². The first-order chi connectivity index (χ1) is 6.57. The summed E-state index contributed by atoms with van der Waals surface area (Å²) in [5.41, 5.74) is -0.975. The molecule has 2 nitrogen and oxygen atoms in total. The summed E-state index contributed by atoms with van der Waals surface area (Å²) in [4.78, 5) is 0. The molecule has 0 aliphatic heterocycles. The molecule has 0 saturated heterocycles. The lowest BCUT2D eigenvalue weighted by atomic mass is 9.52. The Labute approximate surface area is 86.3 Å². The van der Waals surface area contributed by atoms with Crippen molar-refractivity contribution in [3.05, 3.63) is 0 Å². The molecule has 0 spiro atoms. The van der Waals surface area contributed by atoms with Gasteiger partial charge in [0.05, 0.1) is 11.2 Å². The molecule has 0 amide bonds. The van der Waals surface area contributed by atoms with Gasteiger partial charge in [-0.05, 0) is 43.9 Å². The zero-order valence-electron chi connectivity index (χ0n) is 9.29. The van der Waals surface area contributed by atoms with Crippen molar-refractivity contribution in [3.8, 4) is 0 Å². The van der Waals surface area contributed by atoms with Crippen LogP contribution in [0.15, 0.2) is 0 Å². The smallest absolute Gasteiger partial charge is 0.0680 e. The van der Waals surface area contributed by atoms with Crippen molar-refractivity contribution in [3.63, 3.8) is 0 Å². The summed E-state index contributed by atoms with van der Waals surface area (Å²) in [6.07, 6.45) is 5.70. The summed E-state index contributed by atoms with van der Waals surface area (Å²) in [6, 6.07) is 0. The van der Waals surface area contributed by atoms with Crippen molar-refractivity contribution in [2.24, 2.45) is 11.8 Å². The third-order valence-corrected chi connectivity index (χ3v) is 4.00. The first-order valence-electron chi connectivity index (χ1n) is 6.02. The molecule has 0 atom stereocenters. The predicted molar refractivity (Wildman–Crippen MR) is 55.9 cm³/mol. The molecule has 2 heteroatoms. The van der Waals surface area contributed by atoms with E-state index < -0.39 is 11.2 Å². The van der Waals surface area contributed by atoms with Crippen molar-refractivity contribution >= 4 is 0 Å². The molecule has 4 aliphatic rings. The number of aliphatic hydroxyl groups is 2. The number of rotatable bonds is 0. The van der Waals surface area contributed by atoms with E-state index in [0.29, 0.717) is 18.3 Å². The second-order valence-corrected chi connectivity index (χ2v) is 5.41. The topological polar surface area (TPSA) is 40.5 Å². The summed E-state index contributed by atoms with van der Waals surface area (Å²) in [7, 11) is 0. The van der Waals surface area contributed by atoms with Crippen LogP contribution in [0.2, 0.25) is 0 Å². The maximum absolute atomic E-state index is 10.1. The largest absolute Gasteiger partial charge is 0.390 e. The second-order valence-electron chi connectivity index (χ2n) is 5.41. The minimum Gasteiger partial charge on any atom is -0.390 e. The first kappa shape index (κ1) is 10.4. The first-order valence-corrected chi connectivity index (χ1v) is 6.02. The third-order valence-electron chi connectivity index (χ3n) is 4.00. The van der Waals surface area contributed by atoms with Crippen LogP contribution in [-0.4, -0.2) is 21.4 Å². The van der Waals surface area contributed by atoms with Crippen LogP contribution < -0.4 is 0 Å². The Bertz CT molecular complexity index is 190. The quantitative estimate of drug-likeness (QED) is 0.625. The molecule has 4 fully saturated rings. The zero-order chi connectivity index (χ0) is 10.4. The molecule has 0 radical (unpaired) electrons. The van der Waals surface area contributed by atoms with Crippen LogP contribution in [0.1, 0.15) is 52.4 Å². The van der Waals surface area contributed by atoms with Crippen LogP contribution in [0.3, 0.4) is 0 Å². The van der Waals surface area contributed by atoms with Crippen LogP contribution in [0.4, 0.5) is 0 Å². The van der Waals surface area contributed by atoms with E-state index in [1.54, 1.807) is 0 Å². The Kier molecular flexibility index (Phi) is 2.39. The average Bonchev–Trinajstić information content (AvgIpc) is 2.00. The summed E-state index contributed by atoms with van der Waals surface area (Å²) in [6.45, 7) is 4.00. The van der Waals surface area contributed by atoms with E-state index in [1.165, 1.54) is 6.42 Å². The number of hydrogen-bond acceptors (Lipinski definition) is 2. The zero-order valence-corrected chi connectivity index (χ0v) is 9.29. The molecule has 4 aliphatic carbocycles. The minimum atomic E-state index is -0.487. The van der Waals surface area contributed by atoms with E-state index in [1.807, 2.05) is 13.8 Å². The van der Waals surface area contributed by atoms with Gasteiger partial charge in [-0.3, -0.25) is 0 Å². The van der Waals surface area contributed by atoms with Gasteiger partial charge in [-0.1, -0.05) is 13.8 Å². The Morgan fingerprint density at radius 2 is 1.21 bits per heavy atom. The van der Waals surface area contributed by atoms with Gasteiger partial charge in [0, 0.05) is 6.42 Å². The van der Waals surface area contributed by atoms with Crippen molar-refractivity contribution in [2.75, 3.05) is 0 Å². The van der Waals surface area contributed by atoms with Gasteiger partial charge in [-0.2, -0.15) is 0 Å². The molecule has 4 bridgehead atoms. The fourth-order valence-corrected chi connectivity index (χ4v) is 4.17. The Morgan fingerprint density at radius 3 is 1.50 bits per heavy atom. The van der Waals surface area contributed by atoms with E-state index in [0.717, 1.165) is 25.7 Å². The highest BCUT2D eigenvalue weighted by atomic mass is 16.3. The van der Waals surface area contributed by atoms with E-state index >= 15 is 0 Å². The van der Waals surface area contributed by atoms with Crippen molar-refractivity contribution in [2.45, 2.75) is 63.6 Å². The molecule has 2 N–H and O–H groups in total. The fraction of sp³-hybridized carbons (Fsp3) is 1.00. The van der Waals surface area contributed by atoms with Crippen LogP contribution in [0, 0.1) is 11.8 Å². The molecule has 0 aromatic rings. The van der Waals surface area contributed by atoms with Gasteiger partial charge in [0.2, 0.25) is 0 Å². The third kappa shape index (κ3) is 1.59. The fourth-order valence-electron chi connectivity index (χ4n) is 4.17. The van der Waals surface area contributed by atoms with Crippen LogP contribution in [-0.2, 0) is 0 Å². The average molecular weight is 198 g/mol. The van der Waals surface area contributed by atoms with E-state index in [4.69, 9.17) is 0 Å². The summed E-state index contributed by atoms with van der Waals surface area (Å²) in [5.74, 6) is 1.22. The summed E-state index contributed by atoms with van der Waals surface area (Å²) < 4.78 is 0. The van der Waals surface area contributed by atoms with Crippen LogP contribution >= 0.6 is 0 Å². The standard InChI is InChI=1S/C10H16O2.C2H6/c11-9-2-7-1-8(4-9)5-10(12,3-7)6-9;1-2/h7-8,11-12H,1-6H2;1-2H3. The van der Waals surface area contributed by atoms with Gasteiger partial charge in [-0.25, -0.2) is 0 Å². The molecule has 82 valence electrons. The lowest BCUT2D eigenvalue weighted by Gasteiger charge is -2.58. The van der Waals surface area contributed by atoms with Crippen molar-refractivity contribution in [1.82, 2.24) is 0 Å². The van der Waals surface area contributed by atoms with Crippen LogP contribution in [0.5, 0.6) is 0 Å². The predicted octanol–water partition coefficient (Wildman–Crippen LogP) is 2.09. The Balaban J connectivity index is 0.000000354. The number of hydrogen-bond donors (Lipinski definition) is 2. The van der Waals surface area contributed by atoms with Gasteiger partial charge >= 0.3 is 0 Å². The Morgan fingerprint density at radius 1 is 0.857 bits per heavy atom. The Hall–Kier alpha value is -0.0800. The monoisotopic (exact) mass is 198 g/mol. The van der Waals surface area contributed by atoms with Gasteiger partial charge in [0.1, 0.15) is 0 Å². The van der Waals surface area contributed by atoms with E-state index in [9.17, 15) is 10.2 Å². The van der Waals surface area contributed by atoms with Gasteiger partial charge in [-0.15, -0.1) is 0 Å². The maximum Gasteiger partial charge on any atom is 0.0680 e. The molecule has 4 saturated carbocycles. The van der Waals surface area contributed by atoms with Crippen molar-refractivity contribution < 1.29 is 10.2 Å². The molecule has 0 aromatic heterocycles. The van der Waals surface area contributed by atoms with Gasteiger partial charge in [0.25, 0.3) is 0 Å². The highest BCUT2D eigenvalue weighted by Gasteiger charge is 2.56. The normalized spacial score (nSPS) is 54.0. The second kappa shape index (κ2) is 3.21. The molecular weight excluding hydrogens is 176 g/mol. The minimum absolute atomic E-state index is 0.487. The highest BCUT2D eigenvalue weighted by molar-refractivity contribution is 5.08. The molecule has 0 heterocycles.